The van der Waals surface area contributed by atoms with E-state index in [4.69, 9.17) is 23.2 Å². The minimum atomic E-state index is -0.218. The van der Waals surface area contributed by atoms with Crippen molar-refractivity contribution in [3.63, 3.8) is 0 Å². The number of benzene rings is 1. The lowest BCUT2D eigenvalue weighted by Gasteiger charge is -2.15. The van der Waals surface area contributed by atoms with Crippen LogP contribution in [0.25, 0.3) is 16.6 Å². The summed E-state index contributed by atoms with van der Waals surface area (Å²) in [5.74, 6) is 0.679. The van der Waals surface area contributed by atoms with Gasteiger partial charge in [-0.3, -0.25) is 9.36 Å². The summed E-state index contributed by atoms with van der Waals surface area (Å²) in [5, 5.41) is 1.42. The molecule has 1 saturated heterocycles. The number of pyridine rings is 1. The van der Waals surface area contributed by atoms with E-state index in [2.05, 4.69) is 14.9 Å². The number of rotatable bonds is 2. The van der Waals surface area contributed by atoms with Gasteiger partial charge in [0.1, 0.15) is 0 Å². The van der Waals surface area contributed by atoms with Crippen molar-refractivity contribution in [2.24, 2.45) is 0 Å². The predicted molar refractivity (Wildman–Crippen MR) is 96.6 cm³/mol. The van der Waals surface area contributed by atoms with Gasteiger partial charge >= 0.3 is 0 Å². The Balaban J connectivity index is 1.85. The van der Waals surface area contributed by atoms with Gasteiger partial charge in [0.2, 0.25) is 5.95 Å². The Morgan fingerprint density at radius 1 is 1.08 bits per heavy atom. The lowest BCUT2D eigenvalue weighted by molar-refractivity contribution is 0.904. The fourth-order valence-electron chi connectivity index (χ4n) is 2.95. The predicted octanol–water partition coefficient (Wildman–Crippen LogP) is 3.69. The summed E-state index contributed by atoms with van der Waals surface area (Å²) in [4.78, 5) is 23.8. The molecule has 0 N–H and O–H groups in total. The van der Waals surface area contributed by atoms with Crippen LogP contribution in [0.4, 0.5) is 5.95 Å². The van der Waals surface area contributed by atoms with E-state index in [-0.39, 0.29) is 5.56 Å². The molecular formula is C17H14Cl2N4O. The second kappa shape index (κ2) is 6.07. The molecule has 1 aliphatic heterocycles. The summed E-state index contributed by atoms with van der Waals surface area (Å²) >= 11 is 12.2. The van der Waals surface area contributed by atoms with E-state index >= 15 is 0 Å². The maximum atomic E-state index is 12.8. The number of hydrogen-bond acceptors (Lipinski definition) is 4. The average Bonchev–Trinajstić information content (AvgIpc) is 3.12. The highest BCUT2D eigenvalue weighted by atomic mass is 35.5. The first kappa shape index (κ1) is 15.4. The van der Waals surface area contributed by atoms with Crippen LogP contribution in [0.15, 0.2) is 41.5 Å². The number of nitrogens with zero attached hydrogens (tertiary/aromatic N) is 4. The summed E-state index contributed by atoms with van der Waals surface area (Å²) < 4.78 is 1.47. The number of anilines is 1. The van der Waals surface area contributed by atoms with E-state index < -0.39 is 0 Å². The molecule has 1 aromatic carbocycles. The third-order valence-electron chi connectivity index (χ3n) is 4.19. The van der Waals surface area contributed by atoms with Gasteiger partial charge in [-0.15, -0.1) is 0 Å². The molecule has 0 saturated carbocycles. The van der Waals surface area contributed by atoms with E-state index in [1.807, 2.05) is 0 Å². The Morgan fingerprint density at radius 2 is 1.88 bits per heavy atom. The Hall–Kier alpha value is -2.11. The second-order valence-corrected chi connectivity index (χ2v) is 6.59. The third-order valence-corrected chi connectivity index (χ3v) is 4.75. The molecule has 1 fully saturated rings. The zero-order valence-corrected chi connectivity index (χ0v) is 14.3. The second-order valence-electron chi connectivity index (χ2n) is 5.75. The van der Waals surface area contributed by atoms with Crippen molar-refractivity contribution < 1.29 is 0 Å². The van der Waals surface area contributed by atoms with Gasteiger partial charge in [-0.1, -0.05) is 23.2 Å². The molecule has 1 aliphatic rings. The Labute approximate surface area is 148 Å². The minimum Gasteiger partial charge on any atom is -0.341 e. The van der Waals surface area contributed by atoms with E-state index in [0.717, 1.165) is 25.9 Å². The van der Waals surface area contributed by atoms with E-state index in [0.29, 0.717) is 32.6 Å². The molecule has 5 nitrogen and oxygen atoms in total. The molecule has 24 heavy (non-hydrogen) atoms. The van der Waals surface area contributed by atoms with Crippen LogP contribution in [-0.4, -0.2) is 27.6 Å². The smallest absolute Gasteiger partial charge is 0.266 e. The zero-order valence-electron chi connectivity index (χ0n) is 12.7. The van der Waals surface area contributed by atoms with Gasteiger partial charge in [-0.25, -0.2) is 9.97 Å². The monoisotopic (exact) mass is 360 g/mol. The minimum absolute atomic E-state index is 0.218. The van der Waals surface area contributed by atoms with Crippen LogP contribution in [0.3, 0.4) is 0 Å². The van der Waals surface area contributed by atoms with Crippen molar-refractivity contribution in [3.05, 3.63) is 57.1 Å². The van der Waals surface area contributed by atoms with Crippen LogP contribution in [0.1, 0.15) is 12.8 Å². The Kier molecular flexibility index (Phi) is 3.90. The van der Waals surface area contributed by atoms with E-state index in [9.17, 15) is 4.79 Å². The number of aromatic nitrogens is 3. The molecule has 2 aromatic heterocycles. The SMILES string of the molecule is O=c1c2cnc(N3CCCC3)nc2ccn1-c1cc(Cl)ccc1Cl. The van der Waals surface area contributed by atoms with Crippen molar-refractivity contribution >= 4 is 40.1 Å². The lowest BCUT2D eigenvalue weighted by atomic mass is 10.2. The van der Waals surface area contributed by atoms with Gasteiger partial charge in [-0.2, -0.15) is 0 Å². The largest absolute Gasteiger partial charge is 0.341 e. The quantitative estimate of drug-likeness (QED) is 0.699. The van der Waals surface area contributed by atoms with Gasteiger partial charge in [0.15, 0.2) is 0 Å². The Morgan fingerprint density at radius 3 is 2.67 bits per heavy atom. The fraction of sp³-hybridized carbons (Fsp3) is 0.235. The highest BCUT2D eigenvalue weighted by Crippen LogP contribution is 2.24. The number of halogens is 2. The van der Waals surface area contributed by atoms with Crippen molar-refractivity contribution in [3.8, 4) is 5.69 Å². The van der Waals surface area contributed by atoms with Crippen LogP contribution in [0.2, 0.25) is 10.0 Å². The molecule has 0 aliphatic carbocycles. The van der Waals surface area contributed by atoms with Crippen LogP contribution < -0.4 is 10.5 Å². The molecule has 0 spiro atoms. The highest BCUT2D eigenvalue weighted by molar-refractivity contribution is 6.34. The van der Waals surface area contributed by atoms with Crippen LogP contribution in [0, 0.1) is 0 Å². The average molecular weight is 361 g/mol. The summed E-state index contributed by atoms with van der Waals surface area (Å²) in [6, 6.07) is 6.82. The topological polar surface area (TPSA) is 51.0 Å². The van der Waals surface area contributed by atoms with Crippen LogP contribution in [-0.2, 0) is 0 Å². The summed E-state index contributed by atoms with van der Waals surface area (Å²) in [6.45, 7) is 1.92. The fourth-order valence-corrected chi connectivity index (χ4v) is 3.32. The van der Waals surface area contributed by atoms with Gasteiger partial charge in [0, 0.05) is 30.5 Å². The van der Waals surface area contributed by atoms with Crippen molar-refractivity contribution in [2.45, 2.75) is 12.8 Å². The standard InChI is InChI=1S/C17H14Cl2N4O/c18-11-3-4-13(19)15(9-11)23-8-5-14-12(16(23)24)10-20-17(21-14)22-6-1-2-7-22/h3-5,8-10H,1-2,6-7H2. The molecule has 7 heteroatoms. The number of hydrogen-bond donors (Lipinski definition) is 0. The molecule has 122 valence electrons. The molecule has 0 radical (unpaired) electrons. The molecule has 0 amide bonds. The molecule has 3 heterocycles. The normalized spacial score (nSPS) is 14.5. The van der Waals surface area contributed by atoms with E-state index in [1.54, 1.807) is 36.7 Å². The van der Waals surface area contributed by atoms with Gasteiger partial charge in [-0.05, 0) is 37.1 Å². The Bertz CT molecular complexity index is 980. The van der Waals surface area contributed by atoms with Crippen molar-refractivity contribution in [1.29, 1.82) is 0 Å². The van der Waals surface area contributed by atoms with Gasteiger partial charge in [0.25, 0.3) is 5.56 Å². The molecule has 3 aromatic rings. The number of fused-ring (bicyclic) bond motifs is 1. The van der Waals surface area contributed by atoms with Crippen LogP contribution in [0.5, 0.6) is 0 Å². The zero-order chi connectivity index (χ0) is 16.7. The molecular weight excluding hydrogens is 347 g/mol. The third kappa shape index (κ3) is 2.64. The first-order chi connectivity index (χ1) is 11.6. The van der Waals surface area contributed by atoms with Crippen molar-refractivity contribution in [2.75, 3.05) is 18.0 Å². The molecule has 4 rings (SSSR count). The molecule has 0 bridgehead atoms. The summed E-state index contributed by atoms with van der Waals surface area (Å²) in [6.07, 6.45) is 5.56. The van der Waals surface area contributed by atoms with Crippen molar-refractivity contribution in [1.82, 2.24) is 14.5 Å². The van der Waals surface area contributed by atoms with Gasteiger partial charge in [0.05, 0.1) is 21.6 Å². The molecule has 0 atom stereocenters. The van der Waals surface area contributed by atoms with E-state index in [1.165, 1.54) is 4.57 Å². The van der Waals surface area contributed by atoms with Gasteiger partial charge < -0.3 is 4.90 Å². The first-order valence-corrected chi connectivity index (χ1v) is 8.48. The first-order valence-electron chi connectivity index (χ1n) is 7.72. The highest BCUT2D eigenvalue weighted by Gasteiger charge is 2.16. The lowest BCUT2D eigenvalue weighted by Crippen LogP contribution is -2.22. The maximum Gasteiger partial charge on any atom is 0.266 e. The molecule has 0 unspecified atom stereocenters. The van der Waals surface area contributed by atoms with Crippen LogP contribution >= 0.6 is 23.2 Å². The maximum absolute atomic E-state index is 12.8. The summed E-state index contributed by atoms with van der Waals surface area (Å²) in [7, 11) is 0. The summed E-state index contributed by atoms with van der Waals surface area (Å²) in [5.41, 5.74) is 0.954.